The molecule has 0 bridgehead atoms. The molecule has 0 saturated carbocycles. The predicted molar refractivity (Wildman–Crippen MR) is 91.0 cm³/mol. The van der Waals surface area contributed by atoms with Crippen molar-refractivity contribution in [1.82, 2.24) is 4.90 Å². The number of carbonyl (C=O) groups is 1. The number of hydrogen-bond donors (Lipinski definition) is 0. The number of benzene rings is 2. The maximum atomic E-state index is 12.1. The second-order valence-electron chi connectivity index (χ2n) is 5.93. The van der Waals surface area contributed by atoms with E-state index in [-0.39, 0.29) is 5.91 Å². The summed E-state index contributed by atoms with van der Waals surface area (Å²) in [5.41, 5.74) is 2.96. The van der Waals surface area contributed by atoms with Gasteiger partial charge in [-0.25, -0.2) is 0 Å². The quantitative estimate of drug-likeness (QED) is 0.653. The van der Waals surface area contributed by atoms with Crippen LogP contribution < -0.4 is 0 Å². The van der Waals surface area contributed by atoms with Crippen LogP contribution in [0.4, 0.5) is 0 Å². The van der Waals surface area contributed by atoms with E-state index in [0.717, 1.165) is 39.4 Å². The van der Waals surface area contributed by atoms with Crippen molar-refractivity contribution < 1.29 is 9.21 Å². The van der Waals surface area contributed by atoms with Crippen molar-refractivity contribution in [3.8, 4) is 0 Å². The van der Waals surface area contributed by atoms with Gasteiger partial charge in [-0.05, 0) is 29.7 Å². The maximum absolute atomic E-state index is 12.1. The number of halogens is 1. The molecular weight excluding hydrogens is 342 g/mol. The summed E-state index contributed by atoms with van der Waals surface area (Å²) in [4.78, 5) is 14.0. The van der Waals surface area contributed by atoms with Gasteiger partial charge in [0, 0.05) is 35.6 Å². The molecule has 0 spiro atoms. The second kappa shape index (κ2) is 5.43. The first-order valence-corrected chi connectivity index (χ1v) is 8.60. The predicted octanol–water partition coefficient (Wildman–Crippen LogP) is 4.33. The normalized spacial score (nSPS) is 18.7. The monoisotopic (exact) mass is 357 g/mol. The van der Waals surface area contributed by atoms with Gasteiger partial charge in [0.1, 0.15) is 11.2 Å². The first-order chi connectivity index (χ1) is 10.7. The summed E-state index contributed by atoms with van der Waals surface area (Å²) in [6.45, 7) is 1.52. The highest BCUT2D eigenvalue weighted by Gasteiger charge is 2.28. The lowest BCUT2D eigenvalue weighted by molar-refractivity contribution is -0.128. The zero-order valence-corrected chi connectivity index (χ0v) is 13.7. The van der Waals surface area contributed by atoms with E-state index in [2.05, 4.69) is 34.1 Å². The van der Waals surface area contributed by atoms with Crippen LogP contribution in [-0.4, -0.2) is 22.7 Å². The van der Waals surface area contributed by atoms with Gasteiger partial charge >= 0.3 is 0 Å². The molecule has 2 aromatic carbocycles. The number of para-hydroxylation sites is 1. The highest BCUT2D eigenvalue weighted by atomic mass is 79.9. The molecule has 1 unspecified atom stereocenters. The molecule has 3 nitrogen and oxygen atoms in total. The van der Waals surface area contributed by atoms with Crippen molar-refractivity contribution in [2.24, 2.45) is 5.92 Å². The Hall–Kier alpha value is -1.81. The van der Waals surface area contributed by atoms with Crippen LogP contribution in [0.1, 0.15) is 12.0 Å². The Labute approximate surface area is 137 Å². The van der Waals surface area contributed by atoms with Gasteiger partial charge in [-0.1, -0.05) is 40.2 Å². The van der Waals surface area contributed by atoms with E-state index in [9.17, 15) is 4.79 Å². The molecule has 0 N–H and O–H groups in total. The molecule has 0 aliphatic carbocycles. The lowest BCUT2D eigenvalue weighted by Crippen LogP contribution is -2.24. The van der Waals surface area contributed by atoms with E-state index in [1.54, 1.807) is 0 Å². The number of likely N-dealkylation sites (tertiary alicyclic amines) is 1. The fourth-order valence-corrected chi connectivity index (χ4v) is 3.64. The van der Waals surface area contributed by atoms with E-state index < -0.39 is 0 Å². The molecule has 1 aliphatic rings. The summed E-state index contributed by atoms with van der Waals surface area (Å²) < 4.78 is 5.85. The molecule has 112 valence electrons. The molecule has 4 heteroatoms. The molecular formula is C18H16BrNO2. The van der Waals surface area contributed by atoms with Gasteiger partial charge in [-0.2, -0.15) is 0 Å². The molecule has 22 heavy (non-hydrogen) atoms. The van der Waals surface area contributed by atoms with E-state index in [1.165, 1.54) is 0 Å². The Balaban J connectivity index is 1.68. The zero-order valence-electron chi connectivity index (χ0n) is 12.1. The summed E-state index contributed by atoms with van der Waals surface area (Å²) in [5.74, 6) is 0.688. The second-order valence-corrected chi connectivity index (χ2v) is 6.57. The Morgan fingerprint density at radius 3 is 2.77 bits per heavy atom. The summed E-state index contributed by atoms with van der Waals surface area (Å²) in [6, 6.07) is 14.3. The highest BCUT2D eigenvalue weighted by Crippen LogP contribution is 2.30. The Bertz CT molecular complexity index is 855. The number of alkyl halides is 1. The number of fused-ring (bicyclic) bond motifs is 3. The SMILES string of the molecule is O=C1CC(CBr)CN1Cc1ccc2oc3ccccc3c2c1. The third-order valence-corrected chi connectivity index (χ3v) is 5.24. The summed E-state index contributed by atoms with van der Waals surface area (Å²) in [7, 11) is 0. The lowest BCUT2D eigenvalue weighted by Gasteiger charge is -2.16. The fourth-order valence-electron chi connectivity index (χ4n) is 3.20. The number of hydrogen-bond acceptors (Lipinski definition) is 2. The first kappa shape index (κ1) is 13.8. The fraction of sp³-hybridized carbons (Fsp3) is 0.278. The van der Waals surface area contributed by atoms with Gasteiger partial charge in [0.25, 0.3) is 0 Å². The standard InChI is InChI=1S/C18H16BrNO2/c19-9-13-8-18(21)20(11-13)10-12-5-6-17-15(7-12)14-3-1-2-4-16(14)22-17/h1-7,13H,8-11H2. The van der Waals surface area contributed by atoms with Crippen LogP contribution >= 0.6 is 15.9 Å². The number of carbonyl (C=O) groups excluding carboxylic acids is 1. The summed E-state index contributed by atoms with van der Waals surface area (Å²) in [6.07, 6.45) is 0.655. The van der Waals surface area contributed by atoms with Crippen LogP contribution in [0.2, 0.25) is 0 Å². The number of rotatable bonds is 3. The number of nitrogens with zero attached hydrogens (tertiary/aromatic N) is 1. The van der Waals surface area contributed by atoms with Gasteiger partial charge in [0.15, 0.2) is 0 Å². The van der Waals surface area contributed by atoms with Gasteiger partial charge < -0.3 is 9.32 Å². The van der Waals surface area contributed by atoms with Crippen molar-refractivity contribution in [1.29, 1.82) is 0 Å². The Kier molecular flexibility index (Phi) is 3.41. The van der Waals surface area contributed by atoms with Crippen LogP contribution in [-0.2, 0) is 11.3 Å². The molecule has 1 saturated heterocycles. The van der Waals surface area contributed by atoms with Crippen LogP contribution in [0.25, 0.3) is 21.9 Å². The minimum atomic E-state index is 0.251. The largest absolute Gasteiger partial charge is 0.456 e. The lowest BCUT2D eigenvalue weighted by atomic mass is 10.1. The van der Waals surface area contributed by atoms with Crippen LogP contribution in [0.3, 0.4) is 0 Å². The minimum absolute atomic E-state index is 0.251. The highest BCUT2D eigenvalue weighted by molar-refractivity contribution is 9.09. The van der Waals surface area contributed by atoms with Crippen molar-refractivity contribution >= 4 is 43.8 Å². The smallest absolute Gasteiger partial charge is 0.223 e. The van der Waals surface area contributed by atoms with Crippen molar-refractivity contribution in [3.63, 3.8) is 0 Å². The van der Waals surface area contributed by atoms with Gasteiger partial charge in [-0.3, -0.25) is 4.79 Å². The number of amides is 1. The van der Waals surface area contributed by atoms with E-state index in [0.29, 0.717) is 18.9 Å². The van der Waals surface area contributed by atoms with Crippen molar-refractivity contribution in [3.05, 3.63) is 48.0 Å². The van der Waals surface area contributed by atoms with Gasteiger partial charge in [-0.15, -0.1) is 0 Å². The molecule has 3 aromatic rings. The van der Waals surface area contributed by atoms with E-state index in [4.69, 9.17) is 4.42 Å². The summed E-state index contributed by atoms with van der Waals surface area (Å²) in [5, 5.41) is 3.14. The van der Waals surface area contributed by atoms with E-state index in [1.807, 2.05) is 29.2 Å². The molecule has 2 heterocycles. The van der Waals surface area contributed by atoms with Crippen molar-refractivity contribution in [2.45, 2.75) is 13.0 Å². The Morgan fingerprint density at radius 1 is 1.14 bits per heavy atom. The molecule has 1 aromatic heterocycles. The molecule has 1 fully saturated rings. The van der Waals surface area contributed by atoms with Gasteiger partial charge in [0.2, 0.25) is 5.91 Å². The summed E-state index contributed by atoms with van der Waals surface area (Å²) >= 11 is 3.48. The molecule has 1 aliphatic heterocycles. The van der Waals surface area contributed by atoms with Gasteiger partial charge in [0.05, 0.1) is 0 Å². The van der Waals surface area contributed by atoms with Crippen LogP contribution in [0.5, 0.6) is 0 Å². The third-order valence-electron chi connectivity index (χ3n) is 4.33. The topological polar surface area (TPSA) is 33.5 Å². The maximum Gasteiger partial charge on any atom is 0.223 e. The molecule has 4 rings (SSSR count). The number of furan rings is 1. The Morgan fingerprint density at radius 2 is 1.95 bits per heavy atom. The first-order valence-electron chi connectivity index (χ1n) is 7.48. The molecule has 1 atom stereocenters. The van der Waals surface area contributed by atoms with Crippen LogP contribution in [0.15, 0.2) is 46.9 Å². The third kappa shape index (κ3) is 2.31. The molecule has 0 radical (unpaired) electrons. The molecule has 1 amide bonds. The zero-order chi connectivity index (χ0) is 15.1. The van der Waals surface area contributed by atoms with E-state index >= 15 is 0 Å². The van der Waals surface area contributed by atoms with Crippen LogP contribution in [0, 0.1) is 5.92 Å². The average Bonchev–Trinajstić information content (AvgIpc) is 3.08. The minimum Gasteiger partial charge on any atom is -0.456 e. The average molecular weight is 358 g/mol. The van der Waals surface area contributed by atoms with Crippen molar-refractivity contribution in [2.75, 3.05) is 11.9 Å².